The Kier molecular flexibility index (Phi) is 3.13. The summed E-state index contributed by atoms with van der Waals surface area (Å²) in [6.07, 6.45) is 1.55. The number of hydrogen-bond acceptors (Lipinski definition) is 2. The number of anilines is 1. The summed E-state index contributed by atoms with van der Waals surface area (Å²) >= 11 is 0. The van der Waals surface area contributed by atoms with Crippen molar-refractivity contribution in [3.05, 3.63) is 29.8 Å². The molecule has 4 heteroatoms. The Labute approximate surface area is 99.9 Å². The molecule has 0 fully saturated rings. The van der Waals surface area contributed by atoms with E-state index in [0.717, 1.165) is 17.7 Å². The van der Waals surface area contributed by atoms with Gasteiger partial charge in [0.25, 0.3) is 0 Å². The molecular formula is C13H15NO3. The maximum absolute atomic E-state index is 11.7. The molecule has 90 valence electrons. The minimum absolute atomic E-state index is 0.00785. The van der Waals surface area contributed by atoms with Gasteiger partial charge in [-0.25, -0.2) is 0 Å². The number of aliphatic carboxylic acids is 1. The Morgan fingerprint density at radius 3 is 2.76 bits per heavy atom. The molecule has 0 saturated carbocycles. The average molecular weight is 233 g/mol. The number of hydrogen-bond donors (Lipinski definition) is 1. The first-order chi connectivity index (χ1) is 8.09. The number of benzene rings is 1. The van der Waals surface area contributed by atoms with Crippen molar-refractivity contribution in [2.75, 3.05) is 4.90 Å². The van der Waals surface area contributed by atoms with E-state index in [0.29, 0.717) is 6.42 Å². The molecule has 1 aliphatic heterocycles. The van der Waals surface area contributed by atoms with E-state index in [4.69, 9.17) is 5.11 Å². The van der Waals surface area contributed by atoms with Gasteiger partial charge in [0.2, 0.25) is 5.91 Å². The summed E-state index contributed by atoms with van der Waals surface area (Å²) in [5.74, 6) is -0.955. The molecule has 1 aromatic carbocycles. The number of nitrogens with zero attached hydrogens (tertiary/aromatic N) is 1. The van der Waals surface area contributed by atoms with Crippen molar-refractivity contribution >= 4 is 17.6 Å². The van der Waals surface area contributed by atoms with Crippen LogP contribution >= 0.6 is 0 Å². The van der Waals surface area contributed by atoms with E-state index in [1.165, 1.54) is 6.92 Å². The zero-order valence-corrected chi connectivity index (χ0v) is 9.72. The molecule has 1 heterocycles. The fraction of sp³-hybridized carbons (Fsp3) is 0.385. The molecule has 17 heavy (non-hydrogen) atoms. The topological polar surface area (TPSA) is 57.6 Å². The molecule has 1 N–H and O–H groups in total. The van der Waals surface area contributed by atoms with Gasteiger partial charge in [-0.1, -0.05) is 18.2 Å². The van der Waals surface area contributed by atoms with Gasteiger partial charge in [0.05, 0.1) is 6.42 Å². The van der Waals surface area contributed by atoms with Gasteiger partial charge in [-0.2, -0.15) is 0 Å². The Morgan fingerprint density at radius 1 is 1.41 bits per heavy atom. The number of fused-ring (bicyclic) bond motifs is 1. The third-order valence-electron chi connectivity index (χ3n) is 3.11. The van der Waals surface area contributed by atoms with Gasteiger partial charge < -0.3 is 10.0 Å². The van der Waals surface area contributed by atoms with Crippen LogP contribution < -0.4 is 4.90 Å². The van der Waals surface area contributed by atoms with Gasteiger partial charge in [0.1, 0.15) is 0 Å². The van der Waals surface area contributed by atoms with Crippen LogP contribution in [0.3, 0.4) is 0 Å². The summed E-state index contributed by atoms with van der Waals surface area (Å²) in [6.45, 7) is 1.48. The van der Waals surface area contributed by atoms with Crippen molar-refractivity contribution in [3.8, 4) is 0 Å². The molecule has 0 radical (unpaired) electrons. The van der Waals surface area contributed by atoms with E-state index in [1.807, 2.05) is 24.3 Å². The van der Waals surface area contributed by atoms with E-state index < -0.39 is 5.97 Å². The molecule has 1 aliphatic rings. The van der Waals surface area contributed by atoms with Gasteiger partial charge in [0.15, 0.2) is 0 Å². The maximum atomic E-state index is 11.7. The second-order valence-corrected chi connectivity index (χ2v) is 4.31. The highest BCUT2D eigenvalue weighted by Crippen LogP contribution is 2.31. The van der Waals surface area contributed by atoms with Crippen molar-refractivity contribution < 1.29 is 14.7 Å². The van der Waals surface area contributed by atoms with Crippen molar-refractivity contribution in [3.63, 3.8) is 0 Å². The number of carboxylic acid groups (broad SMARTS) is 1. The maximum Gasteiger partial charge on any atom is 0.305 e. The number of aryl methyl sites for hydroxylation is 1. The third-order valence-corrected chi connectivity index (χ3v) is 3.11. The summed E-state index contributed by atoms with van der Waals surface area (Å²) in [5, 5.41) is 8.88. The van der Waals surface area contributed by atoms with Crippen LogP contribution in [0.25, 0.3) is 0 Å². The number of para-hydroxylation sites is 1. The number of carboxylic acids is 1. The standard InChI is InChI=1S/C13H15NO3/c1-9(15)14-11(8-13(16)17)7-6-10-4-2-3-5-12(10)14/h2-5,11H,6-8H2,1H3,(H,16,17). The molecule has 1 unspecified atom stereocenters. The van der Waals surface area contributed by atoms with Crippen molar-refractivity contribution in [2.24, 2.45) is 0 Å². The average Bonchev–Trinajstić information content (AvgIpc) is 2.27. The van der Waals surface area contributed by atoms with Gasteiger partial charge >= 0.3 is 5.97 Å². The summed E-state index contributed by atoms with van der Waals surface area (Å²) in [6, 6.07) is 7.46. The van der Waals surface area contributed by atoms with Crippen LogP contribution in [0.2, 0.25) is 0 Å². The number of carbonyl (C=O) groups excluding carboxylic acids is 1. The highest BCUT2D eigenvalue weighted by molar-refractivity contribution is 5.94. The first kappa shape index (κ1) is 11.6. The van der Waals surface area contributed by atoms with E-state index in [2.05, 4.69) is 0 Å². The lowest BCUT2D eigenvalue weighted by Crippen LogP contribution is -2.43. The van der Waals surface area contributed by atoms with Crippen LogP contribution in [0, 0.1) is 0 Å². The number of amides is 1. The Balaban J connectivity index is 2.36. The molecule has 0 bridgehead atoms. The summed E-state index contributed by atoms with van der Waals surface area (Å²) in [5.41, 5.74) is 1.97. The van der Waals surface area contributed by atoms with Crippen LogP contribution in [0.15, 0.2) is 24.3 Å². The molecule has 0 spiro atoms. The number of carbonyl (C=O) groups is 2. The fourth-order valence-electron chi connectivity index (χ4n) is 2.43. The van der Waals surface area contributed by atoms with Crippen LogP contribution in [0.4, 0.5) is 5.69 Å². The second-order valence-electron chi connectivity index (χ2n) is 4.31. The molecule has 1 atom stereocenters. The monoisotopic (exact) mass is 233 g/mol. The largest absolute Gasteiger partial charge is 0.481 e. The lowest BCUT2D eigenvalue weighted by molar-refractivity contribution is -0.137. The third kappa shape index (κ3) is 2.30. The minimum atomic E-state index is -0.861. The fourth-order valence-corrected chi connectivity index (χ4v) is 2.43. The van der Waals surface area contributed by atoms with E-state index >= 15 is 0 Å². The Hall–Kier alpha value is -1.84. The molecule has 0 saturated heterocycles. The predicted octanol–water partition coefficient (Wildman–Crippen LogP) is 1.83. The van der Waals surface area contributed by atoms with Crippen LogP contribution in [-0.4, -0.2) is 23.0 Å². The SMILES string of the molecule is CC(=O)N1c2ccccc2CCC1CC(=O)O. The highest BCUT2D eigenvalue weighted by Gasteiger charge is 2.30. The van der Waals surface area contributed by atoms with Gasteiger partial charge in [0, 0.05) is 18.7 Å². The van der Waals surface area contributed by atoms with Gasteiger partial charge in [-0.3, -0.25) is 9.59 Å². The molecule has 0 aromatic heterocycles. The lowest BCUT2D eigenvalue weighted by atomic mass is 9.94. The Morgan fingerprint density at radius 2 is 2.12 bits per heavy atom. The zero-order chi connectivity index (χ0) is 12.4. The highest BCUT2D eigenvalue weighted by atomic mass is 16.4. The first-order valence-corrected chi connectivity index (χ1v) is 5.69. The van der Waals surface area contributed by atoms with Crippen LogP contribution in [0.5, 0.6) is 0 Å². The molecule has 1 amide bonds. The smallest absolute Gasteiger partial charge is 0.305 e. The molecule has 0 aliphatic carbocycles. The first-order valence-electron chi connectivity index (χ1n) is 5.69. The Bertz CT molecular complexity index is 456. The zero-order valence-electron chi connectivity index (χ0n) is 9.72. The predicted molar refractivity (Wildman–Crippen MR) is 64.0 cm³/mol. The minimum Gasteiger partial charge on any atom is -0.481 e. The van der Waals surface area contributed by atoms with E-state index in [-0.39, 0.29) is 18.4 Å². The molecule has 1 aromatic rings. The quantitative estimate of drug-likeness (QED) is 0.847. The lowest BCUT2D eigenvalue weighted by Gasteiger charge is -2.35. The number of rotatable bonds is 2. The summed E-state index contributed by atoms with van der Waals surface area (Å²) < 4.78 is 0. The van der Waals surface area contributed by atoms with Gasteiger partial charge in [-0.15, -0.1) is 0 Å². The van der Waals surface area contributed by atoms with Crippen molar-refractivity contribution in [2.45, 2.75) is 32.2 Å². The van der Waals surface area contributed by atoms with Gasteiger partial charge in [-0.05, 0) is 24.5 Å². The molecular weight excluding hydrogens is 218 g/mol. The summed E-state index contributed by atoms with van der Waals surface area (Å²) in [4.78, 5) is 24.1. The van der Waals surface area contributed by atoms with Crippen molar-refractivity contribution in [1.29, 1.82) is 0 Å². The van der Waals surface area contributed by atoms with E-state index in [1.54, 1.807) is 4.90 Å². The van der Waals surface area contributed by atoms with E-state index in [9.17, 15) is 9.59 Å². The van der Waals surface area contributed by atoms with Crippen LogP contribution in [-0.2, 0) is 16.0 Å². The van der Waals surface area contributed by atoms with Crippen molar-refractivity contribution in [1.82, 2.24) is 0 Å². The molecule has 2 rings (SSSR count). The second kappa shape index (κ2) is 4.57. The molecule has 4 nitrogen and oxygen atoms in total. The summed E-state index contributed by atoms with van der Waals surface area (Å²) in [7, 11) is 0. The normalized spacial score (nSPS) is 18.6. The van der Waals surface area contributed by atoms with Crippen LogP contribution in [0.1, 0.15) is 25.3 Å².